The minimum Gasteiger partial charge on any atom is -0.465 e. The summed E-state index contributed by atoms with van der Waals surface area (Å²) in [4.78, 5) is 39.0. The predicted molar refractivity (Wildman–Crippen MR) is 129 cm³/mol. The number of ether oxygens (including phenoxy) is 1. The number of aryl methyl sites for hydroxylation is 1. The molecule has 1 N–H and O–H groups in total. The number of hydrogen-bond acceptors (Lipinski definition) is 5. The van der Waals surface area contributed by atoms with Gasteiger partial charge < -0.3 is 15.0 Å². The van der Waals surface area contributed by atoms with E-state index < -0.39 is 5.97 Å². The second kappa shape index (κ2) is 9.92. The highest BCUT2D eigenvalue weighted by molar-refractivity contribution is 8.00. The molecule has 2 amide bonds. The Kier molecular flexibility index (Phi) is 6.79. The van der Waals surface area contributed by atoms with Crippen molar-refractivity contribution in [1.29, 1.82) is 0 Å². The topological polar surface area (TPSA) is 75.7 Å². The fourth-order valence-electron chi connectivity index (χ4n) is 3.68. The minimum atomic E-state index is -0.460. The summed E-state index contributed by atoms with van der Waals surface area (Å²) < 4.78 is 4.75. The average molecular weight is 461 g/mol. The van der Waals surface area contributed by atoms with Crippen molar-refractivity contribution >= 4 is 35.2 Å². The molecule has 1 saturated heterocycles. The summed E-state index contributed by atoms with van der Waals surface area (Å²) in [5, 5.41) is 2.78. The number of hydrogen-bond donors (Lipinski definition) is 1. The van der Waals surface area contributed by atoms with Gasteiger partial charge in [0.15, 0.2) is 0 Å². The molecule has 1 aliphatic rings. The highest BCUT2D eigenvalue weighted by Gasteiger charge is 2.32. The van der Waals surface area contributed by atoms with E-state index in [1.807, 2.05) is 54.3 Å². The van der Waals surface area contributed by atoms with Crippen LogP contribution in [0.25, 0.3) is 0 Å². The number of anilines is 1. The zero-order valence-corrected chi connectivity index (χ0v) is 19.2. The van der Waals surface area contributed by atoms with E-state index in [0.29, 0.717) is 29.1 Å². The fourth-order valence-corrected chi connectivity index (χ4v) is 4.86. The van der Waals surface area contributed by atoms with Crippen molar-refractivity contribution in [3.05, 3.63) is 101 Å². The maximum atomic E-state index is 12.8. The van der Waals surface area contributed by atoms with Crippen LogP contribution in [0.1, 0.15) is 42.8 Å². The van der Waals surface area contributed by atoms with Crippen LogP contribution >= 0.6 is 11.8 Å². The van der Waals surface area contributed by atoms with Gasteiger partial charge >= 0.3 is 5.97 Å². The van der Waals surface area contributed by atoms with Gasteiger partial charge in [-0.2, -0.15) is 0 Å². The Labute approximate surface area is 196 Å². The molecule has 1 fully saturated rings. The molecule has 0 bridgehead atoms. The van der Waals surface area contributed by atoms with Crippen molar-refractivity contribution in [2.45, 2.75) is 18.8 Å². The molecule has 0 radical (unpaired) electrons. The molecule has 33 heavy (non-hydrogen) atoms. The largest absolute Gasteiger partial charge is 0.465 e. The van der Waals surface area contributed by atoms with Gasteiger partial charge in [0.1, 0.15) is 5.37 Å². The van der Waals surface area contributed by atoms with Crippen LogP contribution in [0.15, 0.2) is 72.8 Å². The quantitative estimate of drug-likeness (QED) is 0.535. The van der Waals surface area contributed by atoms with Gasteiger partial charge in [0.05, 0.1) is 18.4 Å². The summed E-state index contributed by atoms with van der Waals surface area (Å²) >= 11 is 1.59. The number of nitrogens with zero attached hydrogens (tertiary/aromatic N) is 1. The van der Waals surface area contributed by atoms with E-state index >= 15 is 0 Å². The zero-order valence-electron chi connectivity index (χ0n) is 18.4. The summed E-state index contributed by atoms with van der Waals surface area (Å²) in [6.07, 6.45) is 0. The number of methoxy groups -OCH3 is 1. The van der Waals surface area contributed by atoms with Crippen molar-refractivity contribution in [3.8, 4) is 0 Å². The lowest BCUT2D eigenvalue weighted by Crippen LogP contribution is -2.27. The second-order valence-electron chi connectivity index (χ2n) is 7.77. The Morgan fingerprint density at radius 2 is 1.73 bits per heavy atom. The second-order valence-corrected chi connectivity index (χ2v) is 8.84. The molecule has 0 aliphatic carbocycles. The molecule has 1 heterocycles. The van der Waals surface area contributed by atoms with Gasteiger partial charge in [-0.1, -0.05) is 48.5 Å². The third-order valence-electron chi connectivity index (χ3n) is 5.53. The third-order valence-corrected chi connectivity index (χ3v) is 6.78. The molecule has 6 nitrogen and oxygen atoms in total. The average Bonchev–Trinajstić information content (AvgIpc) is 3.20. The number of nitrogens with one attached hydrogen (secondary N) is 1. The Bertz CT molecular complexity index is 1180. The number of esters is 1. The summed E-state index contributed by atoms with van der Waals surface area (Å²) in [7, 11) is 1.32. The third kappa shape index (κ3) is 5.09. The van der Waals surface area contributed by atoms with E-state index in [1.165, 1.54) is 7.11 Å². The number of rotatable bonds is 6. The Morgan fingerprint density at radius 1 is 1.03 bits per heavy atom. The number of carbonyl (C=O) groups excluding carboxylic acids is 3. The van der Waals surface area contributed by atoms with Crippen LogP contribution in [-0.4, -0.2) is 35.5 Å². The monoisotopic (exact) mass is 460 g/mol. The van der Waals surface area contributed by atoms with Gasteiger partial charge in [-0.05, 0) is 47.9 Å². The summed E-state index contributed by atoms with van der Waals surface area (Å²) in [5.41, 5.74) is 4.31. The SMILES string of the molecule is COC(=O)c1ccc(C)c(NC(=O)c2ccc(C3SCC(=O)N3Cc3ccccc3)cc2)c1. The van der Waals surface area contributed by atoms with Gasteiger partial charge in [0.25, 0.3) is 5.91 Å². The highest BCUT2D eigenvalue weighted by Crippen LogP contribution is 2.39. The van der Waals surface area contributed by atoms with Crippen molar-refractivity contribution in [3.63, 3.8) is 0 Å². The molecule has 7 heteroatoms. The summed E-state index contributed by atoms with van der Waals surface area (Å²) in [5.74, 6) is -0.187. The molecule has 0 saturated carbocycles. The maximum Gasteiger partial charge on any atom is 0.337 e. The molecule has 1 unspecified atom stereocenters. The lowest BCUT2D eigenvalue weighted by molar-refractivity contribution is -0.128. The summed E-state index contributed by atoms with van der Waals surface area (Å²) in [6, 6.07) is 22.2. The van der Waals surface area contributed by atoms with Crippen LogP contribution in [0.5, 0.6) is 0 Å². The zero-order chi connectivity index (χ0) is 23.4. The molecular formula is C26H24N2O4S. The standard InChI is InChI=1S/C26H24N2O4S/c1-17-8-9-21(26(31)32-2)14-22(17)27-24(30)19-10-12-20(13-11-19)25-28(23(29)16-33-25)15-18-6-4-3-5-7-18/h3-14,25H,15-16H2,1-2H3,(H,27,30). The van der Waals surface area contributed by atoms with E-state index in [1.54, 1.807) is 42.1 Å². The normalized spacial score (nSPS) is 15.4. The van der Waals surface area contributed by atoms with Gasteiger partial charge in [-0.25, -0.2) is 4.79 Å². The molecule has 4 rings (SSSR count). The fraction of sp³-hybridized carbons (Fsp3) is 0.192. The lowest BCUT2D eigenvalue weighted by atomic mass is 10.1. The Balaban J connectivity index is 1.48. The van der Waals surface area contributed by atoms with Crippen LogP contribution in [-0.2, 0) is 16.1 Å². The van der Waals surface area contributed by atoms with E-state index in [4.69, 9.17) is 4.74 Å². The number of carbonyl (C=O) groups is 3. The Morgan fingerprint density at radius 3 is 2.42 bits per heavy atom. The molecule has 0 aromatic heterocycles. The van der Waals surface area contributed by atoms with Crippen molar-refractivity contribution < 1.29 is 19.1 Å². The van der Waals surface area contributed by atoms with Crippen LogP contribution in [0.2, 0.25) is 0 Å². The van der Waals surface area contributed by atoms with Gasteiger partial charge in [-0.3, -0.25) is 9.59 Å². The van der Waals surface area contributed by atoms with E-state index in [0.717, 1.165) is 16.7 Å². The number of amides is 2. The first kappa shape index (κ1) is 22.6. The molecule has 168 valence electrons. The number of benzene rings is 3. The van der Waals surface area contributed by atoms with E-state index in [9.17, 15) is 14.4 Å². The van der Waals surface area contributed by atoms with Crippen LogP contribution in [0.4, 0.5) is 5.69 Å². The van der Waals surface area contributed by atoms with Gasteiger partial charge in [0, 0.05) is 17.8 Å². The predicted octanol–water partition coefficient (Wildman–Crippen LogP) is 4.81. The highest BCUT2D eigenvalue weighted by atomic mass is 32.2. The number of thioether (sulfide) groups is 1. The van der Waals surface area contributed by atoms with Crippen molar-refractivity contribution in [2.75, 3.05) is 18.2 Å². The lowest BCUT2D eigenvalue weighted by Gasteiger charge is -2.24. The smallest absolute Gasteiger partial charge is 0.337 e. The van der Waals surface area contributed by atoms with Crippen LogP contribution in [0.3, 0.4) is 0 Å². The first-order valence-electron chi connectivity index (χ1n) is 10.5. The van der Waals surface area contributed by atoms with Gasteiger partial charge in [0.2, 0.25) is 5.91 Å². The minimum absolute atomic E-state index is 0.0891. The first-order chi connectivity index (χ1) is 16.0. The molecule has 3 aromatic rings. The van der Waals surface area contributed by atoms with Crippen LogP contribution in [0, 0.1) is 6.92 Å². The van der Waals surface area contributed by atoms with Crippen molar-refractivity contribution in [2.24, 2.45) is 0 Å². The maximum absolute atomic E-state index is 12.8. The van der Waals surface area contributed by atoms with Crippen molar-refractivity contribution in [1.82, 2.24) is 4.90 Å². The molecular weight excluding hydrogens is 436 g/mol. The van der Waals surface area contributed by atoms with E-state index in [-0.39, 0.29) is 17.2 Å². The summed E-state index contributed by atoms with van der Waals surface area (Å²) in [6.45, 7) is 2.41. The molecule has 1 aliphatic heterocycles. The van der Waals surface area contributed by atoms with Crippen LogP contribution < -0.4 is 5.32 Å². The molecule has 1 atom stereocenters. The van der Waals surface area contributed by atoms with E-state index in [2.05, 4.69) is 5.32 Å². The Hall–Kier alpha value is -3.58. The molecule has 3 aromatic carbocycles. The molecule has 0 spiro atoms. The van der Waals surface area contributed by atoms with Gasteiger partial charge in [-0.15, -0.1) is 11.8 Å². The first-order valence-corrected chi connectivity index (χ1v) is 11.6.